The van der Waals surface area contributed by atoms with Crippen LogP contribution in [0.3, 0.4) is 0 Å². The number of hydrogen-bond acceptors (Lipinski definition) is 3. The van der Waals surface area contributed by atoms with Gasteiger partial charge in [0.15, 0.2) is 0 Å². The van der Waals surface area contributed by atoms with Crippen molar-refractivity contribution in [3.05, 3.63) is 42.4 Å². The monoisotopic (exact) mass is 365 g/mol. The highest BCUT2D eigenvalue weighted by Crippen LogP contribution is 2.62. The summed E-state index contributed by atoms with van der Waals surface area (Å²) in [4.78, 5) is 17.6. The molecule has 6 heteroatoms. The number of hydrogen-bond donors (Lipinski definition) is 2. The van der Waals surface area contributed by atoms with Gasteiger partial charge in [-0.3, -0.25) is 0 Å². The summed E-state index contributed by atoms with van der Waals surface area (Å²) in [6, 6.07) is 8.72. The molecule has 6 atom stereocenters. The van der Waals surface area contributed by atoms with Gasteiger partial charge in [0.25, 0.3) is 0 Å². The van der Waals surface area contributed by atoms with Gasteiger partial charge in [-0.05, 0) is 37.7 Å². The number of aromatic nitrogens is 2. The first-order valence-corrected chi connectivity index (χ1v) is 9.89. The van der Waals surface area contributed by atoms with Crippen molar-refractivity contribution in [2.24, 2.45) is 11.3 Å². The van der Waals surface area contributed by atoms with Gasteiger partial charge in [0, 0.05) is 29.0 Å². The minimum Gasteiger partial charge on any atom is -0.465 e. The number of benzene rings is 1. The Kier molecular flexibility index (Phi) is 2.98. The normalized spacial score (nSPS) is 38.6. The Bertz CT molecular complexity index is 924. The highest BCUT2D eigenvalue weighted by molar-refractivity contribution is 5.69. The fourth-order valence-corrected chi connectivity index (χ4v) is 6.69. The van der Waals surface area contributed by atoms with Crippen molar-refractivity contribution < 1.29 is 15.0 Å². The Balaban J connectivity index is 1.31. The number of aliphatic hydroxyl groups excluding tert-OH is 1. The zero-order chi connectivity index (χ0) is 18.3. The van der Waals surface area contributed by atoms with Crippen LogP contribution >= 0.6 is 0 Å². The standard InChI is InChI=1S/C21H23N3O3/c25-19-16(9-21(19)7-12-5-6-13(8-21)24(12)20(26)27)18-15-4-2-1-3-14(15)17-10-22-11-23(17)18/h1-4,10-13,16,18-19,25H,5-9H2,(H,26,27)/t12-,13+,16-,18-,19-,21+/m1/s1. The largest absolute Gasteiger partial charge is 0.465 e. The van der Waals surface area contributed by atoms with Gasteiger partial charge < -0.3 is 19.7 Å². The number of carboxylic acid groups (broad SMARTS) is 1. The molecular weight excluding hydrogens is 342 g/mol. The molecule has 1 aromatic heterocycles. The molecule has 27 heavy (non-hydrogen) atoms. The van der Waals surface area contributed by atoms with Crippen LogP contribution in [0.15, 0.2) is 36.8 Å². The van der Waals surface area contributed by atoms with Gasteiger partial charge in [0.1, 0.15) is 0 Å². The molecule has 4 heterocycles. The molecule has 6 rings (SSSR count). The lowest BCUT2D eigenvalue weighted by molar-refractivity contribution is -0.166. The Morgan fingerprint density at radius 2 is 1.89 bits per heavy atom. The number of piperidine rings is 1. The van der Waals surface area contributed by atoms with Gasteiger partial charge >= 0.3 is 6.09 Å². The third kappa shape index (κ3) is 1.89. The summed E-state index contributed by atoms with van der Waals surface area (Å²) in [6.45, 7) is 0. The number of amides is 1. The van der Waals surface area contributed by atoms with Crippen molar-refractivity contribution in [3.63, 3.8) is 0 Å². The zero-order valence-corrected chi connectivity index (χ0v) is 15.0. The maximum Gasteiger partial charge on any atom is 0.407 e. The molecule has 1 aliphatic carbocycles. The maximum absolute atomic E-state index is 11.6. The summed E-state index contributed by atoms with van der Waals surface area (Å²) in [5.41, 5.74) is 3.51. The van der Waals surface area contributed by atoms with Crippen molar-refractivity contribution >= 4 is 6.09 Å². The van der Waals surface area contributed by atoms with E-state index >= 15 is 0 Å². The molecule has 6 nitrogen and oxygen atoms in total. The lowest BCUT2D eigenvalue weighted by atomic mass is 9.51. The second-order valence-corrected chi connectivity index (χ2v) is 8.88. The fourth-order valence-electron chi connectivity index (χ4n) is 6.69. The second kappa shape index (κ2) is 5.13. The van der Waals surface area contributed by atoms with Crippen LogP contribution < -0.4 is 0 Å². The first kappa shape index (κ1) is 15.7. The molecule has 2 bridgehead atoms. The average Bonchev–Trinajstić information content (AvgIpc) is 3.32. The van der Waals surface area contributed by atoms with Gasteiger partial charge in [-0.1, -0.05) is 24.3 Å². The van der Waals surface area contributed by atoms with Crippen molar-refractivity contribution in [1.82, 2.24) is 14.5 Å². The first-order valence-electron chi connectivity index (χ1n) is 9.89. The summed E-state index contributed by atoms with van der Waals surface area (Å²) in [5, 5.41) is 20.8. The van der Waals surface area contributed by atoms with E-state index in [-0.39, 0.29) is 35.6 Å². The van der Waals surface area contributed by atoms with Crippen LogP contribution in [0, 0.1) is 11.3 Å². The van der Waals surface area contributed by atoms with Crippen LogP contribution in [-0.2, 0) is 0 Å². The number of fused-ring (bicyclic) bond motifs is 5. The van der Waals surface area contributed by atoms with E-state index in [2.05, 4.69) is 33.8 Å². The van der Waals surface area contributed by atoms with E-state index in [1.54, 1.807) is 4.90 Å². The number of nitrogens with zero attached hydrogens (tertiary/aromatic N) is 3. The Hall–Kier alpha value is -2.34. The predicted molar refractivity (Wildman–Crippen MR) is 98.3 cm³/mol. The summed E-state index contributed by atoms with van der Waals surface area (Å²) in [5.74, 6) is 0.164. The maximum atomic E-state index is 11.6. The van der Waals surface area contributed by atoms with Gasteiger partial charge in [0.2, 0.25) is 0 Å². The van der Waals surface area contributed by atoms with Crippen LogP contribution in [0.2, 0.25) is 0 Å². The molecule has 4 aliphatic rings. The van der Waals surface area contributed by atoms with E-state index in [0.717, 1.165) is 37.8 Å². The Morgan fingerprint density at radius 1 is 1.15 bits per heavy atom. The van der Waals surface area contributed by atoms with E-state index in [0.29, 0.717) is 0 Å². The third-order valence-corrected chi connectivity index (χ3v) is 7.73. The Labute approximate surface area is 157 Å². The van der Waals surface area contributed by atoms with Gasteiger partial charge in [-0.2, -0.15) is 0 Å². The fraction of sp³-hybridized carbons (Fsp3) is 0.524. The molecule has 3 aliphatic heterocycles. The van der Waals surface area contributed by atoms with Crippen molar-refractivity contribution in [3.8, 4) is 11.3 Å². The van der Waals surface area contributed by atoms with E-state index < -0.39 is 6.09 Å². The first-order chi connectivity index (χ1) is 13.1. The van der Waals surface area contributed by atoms with E-state index in [9.17, 15) is 15.0 Å². The molecule has 2 aromatic rings. The van der Waals surface area contributed by atoms with E-state index in [4.69, 9.17) is 0 Å². The average molecular weight is 365 g/mol. The van der Waals surface area contributed by atoms with Crippen molar-refractivity contribution in [1.29, 1.82) is 0 Å². The summed E-state index contributed by atoms with van der Waals surface area (Å²) in [6.07, 6.45) is 7.06. The molecule has 3 fully saturated rings. The zero-order valence-electron chi connectivity index (χ0n) is 15.0. The highest BCUT2D eigenvalue weighted by atomic mass is 16.4. The minimum absolute atomic E-state index is 0.0801. The molecular formula is C21H23N3O3. The number of carbonyl (C=O) groups is 1. The molecule has 0 radical (unpaired) electrons. The minimum atomic E-state index is -0.796. The lowest BCUT2D eigenvalue weighted by Gasteiger charge is -2.59. The molecule has 1 saturated carbocycles. The molecule has 1 amide bonds. The summed E-state index contributed by atoms with van der Waals surface area (Å²) >= 11 is 0. The molecule has 2 N–H and O–H groups in total. The number of imidazole rings is 1. The van der Waals surface area contributed by atoms with Gasteiger partial charge in [-0.15, -0.1) is 0 Å². The topological polar surface area (TPSA) is 78.6 Å². The smallest absolute Gasteiger partial charge is 0.407 e. The second-order valence-electron chi connectivity index (χ2n) is 8.88. The van der Waals surface area contributed by atoms with Crippen LogP contribution in [0.1, 0.15) is 43.7 Å². The Morgan fingerprint density at radius 3 is 2.59 bits per heavy atom. The summed E-state index contributed by atoms with van der Waals surface area (Å²) < 4.78 is 2.21. The van der Waals surface area contributed by atoms with Crippen LogP contribution in [0.25, 0.3) is 11.3 Å². The van der Waals surface area contributed by atoms with E-state index in [1.165, 1.54) is 11.1 Å². The SMILES string of the molecule is O=C(O)N1[C@@H]2CC[C@H]1C[C@]1(C[C@H]([C@H]3c4ccccc4-c4cncn43)[C@H]1O)C2. The molecule has 140 valence electrons. The molecule has 1 aromatic carbocycles. The van der Waals surface area contributed by atoms with Gasteiger partial charge in [0.05, 0.1) is 30.4 Å². The molecule has 2 saturated heterocycles. The lowest BCUT2D eigenvalue weighted by Crippen LogP contribution is -2.62. The van der Waals surface area contributed by atoms with Crippen molar-refractivity contribution in [2.45, 2.75) is 56.3 Å². The molecule has 0 unspecified atom stereocenters. The van der Waals surface area contributed by atoms with Crippen LogP contribution in [-0.4, -0.2) is 48.9 Å². The van der Waals surface area contributed by atoms with Gasteiger partial charge in [-0.25, -0.2) is 9.78 Å². The third-order valence-electron chi connectivity index (χ3n) is 7.73. The highest BCUT2D eigenvalue weighted by Gasteiger charge is 2.62. The van der Waals surface area contributed by atoms with E-state index in [1.807, 2.05) is 12.5 Å². The quantitative estimate of drug-likeness (QED) is 0.814. The summed E-state index contributed by atoms with van der Waals surface area (Å²) in [7, 11) is 0. The molecule has 1 spiro atoms. The van der Waals surface area contributed by atoms with Crippen LogP contribution in [0.4, 0.5) is 4.79 Å². The van der Waals surface area contributed by atoms with Crippen molar-refractivity contribution in [2.75, 3.05) is 0 Å². The number of rotatable bonds is 1. The predicted octanol–water partition coefficient (Wildman–Crippen LogP) is 3.12. The van der Waals surface area contributed by atoms with Crippen LogP contribution in [0.5, 0.6) is 0 Å². The number of aliphatic hydroxyl groups is 1.